The highest BCUT2D eigenvalue weighted by molar-refractivity contribution is 6.32. The van der Waals surface area contributed by atoms with E-state index in [4.69, 9.17) is 16.0 Å². The average molecular weight is 454 g/mol. The van der Waals surface area contributed by atoms with Gasteiger partial charge in [-0.1, -0.05) is 30.7 Å². The molecule has 0 aliphatic heterocycles. The van der Waals surface area contributed by atoms with Crippen molar-refractivity contribution in [3.8, 4) is 5.75 Å². The van der Waals surface area contributed by atoms with Crippen molar-refractivity contribution < 1.29 is 27.8 Å². The van der Waals surface area contributed by atoms with Gasteiger partial charge in [0, 0.05) is 16.6 Å². The molecule has 31 heavy (non-hydrogen) atoms. The first-order valence-electron chi connectivity index (χ1n) is 9.66. The van der Waals surface area contributed by atoms with E-state index in [2.05, 4.69) is 5.32 Å². The number of nitrogens with one attached hydrogen (secondary N) is 1. The van der Waals surface area contributed by atoms with Crippen molar-refractivity contribution in [1.29, 1.82) is 0 Å². The summed E-state index contributed by atoms with van der Waals surface area (Å²) in [6.07, 6.45) is -4.20. The van der Waals surface area contributed by atoms with Gasteiger partial charge in [-0.15, -0.1) is 0 Å². The van der Waals surface area contributed by atoms with Gasteiger partial charge in [-0.25, -0.2) is 4.79 Å². The van der Waals surface area contributed by atoms with Gasteiger partial charge in [-0.3, -0.25) is 0 Å². The van der Waals surface area contributed by atoms with Crippen molar-refractivity contribution >= 4 is 28.1 Å². The predicted molar refractivity (Wildman–Crippen MR) is 111 cm³/mol. The number of halogens is 4. The van der Waals surface area contributed by atoms with Crippen LogP contribution in [0.2, 0.25) is 5.02 Å². The average Bonchev–Trinajstić information content (AvgIpc) is 2.72. The van der Waals surface area contributed by atoms with Crippen molar-refractivity contribution in [2.75, 3.05) is 5.32 Å². The lowest BCUT2D eigenvalue weighted by molar-refractivity contribution is -0.272. The molecule has 3 N–H and O–H groups in total. The third kappa shape index (κ3) is 3.34. The molecule has 0 fully saturated rings. The van der Waals surface area contributed by atoms with Gasteiger partial charge in [0.25, 0.3) is 0 Å². The molecule has 9 heteroatoms. The van der Waals surface area contributed by atoms with Crippen LogP contribution in [-0.4, -0.2) is 22.0 Å². The summed E-state index contributed by atoms with van der Waals surface area (Å²) in [5.74, 6) is -1.04. The standard InChI is InChI=1S/C22H19ClF3NO4/c1-2-11-10-21(30,22(24,25)26)19(14-6-7-15(23)18(28)17(11)14)27-16-5-3-4-13-12(16)8-9-31-20(13)29/h3-9,11,19,27-28,30H,2,10H2,1H3/t11?,19?,21-/m1/s1. The van der Waals surface area contributed by atoms with Gasteiger partial charge in [-0.2, -0.15) is 13.2 Å². The minimum Gasteiger partial charge on any atom is -0.506 e. The lowest BCUT2D eigenvalue weighted by Crippen LogP contribution is -2.55. The number of phenolic OH excluding ortho intramolecular Hbond substituents is 1. The molecule has 0 radical (unpaired) electrons. The van der Waals surface area contributed by atoms with Crippen LogP contribution >= 0.6 is 11.6 Å². The second-order valence-corrected chi connectivity index (χ2v) is 8.09. The molecule has 3 atom stereocenters. The molecule has 4 rings (SSSR count). The molecule has 1 aromatic heterocycles. The molecular formula is C22H19ClF3NO4. The fourth-order valence-electron chi connectivity index (χ4n) is 4.39. The van der Waals surface area contributed by atoms with Gasteiger partial charge in [0.05, 0.1) is 22.7 Å². The number of hydrogen-bond acceptors (Lipinski definition) is 5. The molecule has 0 spiro atoms. The first-order chi connectivity index (χ1) is 14.6. The van der Waals surface area contributed by atoms with Crippen LogP contribution in [0.15, 0.2) is 51.9 Å². The highest BCUT2D eigenvalue weighted by Gasteiger charge is 2.62. The van der Waals surface area contributed by atoms with Crippen LogP contribution < -0.4 is 10.9 Å². The Balaban J connectivity index is 1.95. The van der Waals surface area contributed by atoms with E-state index in [1.165, 1.54) is 36.4 Å². The minimum atomic E-state index is -4.96. The molecule has 0 bridgehead atoms. The summed E-state index contributed by atoms with van der Waals surface area (Å²) >= 11 is 6.03. The van der Waals surface area contributed by atoms with Crippen LogP contribution in [0.5, 0.6) is 5.75 Å². The largest absolute Gasteiger partial charge is 0.506 e. The summed E-state index contributed by atoms with van der Waals surface area (Å²) in [6, 6.07) is 7.02. The summed E-state index contributed by atoms with van der Waals surface area (Å²) in [5.41, 5.74) is -3.16. The Bertz CT molecular complexity index is 1210. The maximum Gasteiger partial charge on any atom is 0.419 e. The van der Waals surface area contributed by atoms with E-state index in [0.29, 0.717) is 5.39 Å². The molecule has 2 unspecified atom stereocenters. The molecule has 0 amide bonds. The lowest BCUT2D eigenvalue weighted by Gasteiger charge is -2.46. The van der Waals surface area contributed by atoms with Crippen molar-refractivity contribution in [3.63, 3.8) is 0 Å². The zero-order valence-electron chi connectivity index (χ0n) is 16.3. The molecule has 164 valence electrons. The van der Waals surface area contributed by atoms with Crippen LogP contribution in [0, 0.1) is 0 Å². The Morgan fingerprint density at radius 1 is 1.23 bits per heavy atom. The Hall–Kier alpha value is -2.71. The van der Waals surface area contributed by atoms with Crippen LogP contribution in [-0.2, 0) is 0 Å². The Kier molecular flexibility index (Phi) is 5.18. The highest BCUT2D eigenvalue weighted by Crippen LogP contribution is 2.56. The van der Waals surface area contributed by atoms with Crippen LogP contribution in [0.1, 0.15) is 42.9 Å². The maximum atomic E-state index is 14.2. The minimum absolute atomic E-state index is 0.0242. The third-order valence-electron chi connectivity index (χ3n) is 5.98. The van der Waals surface area contributed by atoms with Gasteiger partial charge in [0.1, 0.15) is 5.75 Å². The lowest BCUT2D eigenvalue weighted by atomic mass is 9.69. The molecule has 5 nitrogen and oxygen atoms in total. The Morgan fingerprint density at radius 3 is 2.65 bits per heavy atom. The van der Waals surface area contributed by atoms with Gasteiger partial charge < -0.3 is 19.9 Å². The van der Waals surface area contributed by atoms with Crippen LogP contribution in [0.4, 0.5) is 18.9 Å². The van der Waals surface area contributed by atoms with E-state index in [9.17, 15) is 28.2 Å². The number of phenols is 1. The summed E-state index contributed by atoms with van der Waals surface area (Å²) in [7, 11) is 0. The molecule has 2 aromatic carbocycles. The number of fused-ring (bicyclic) bond motifs is 2. The first-order valence-corrected chi connectivity index (χ1v) is 10.0. The molecule has 3 aromatic rings. The summed E-state index contributed by atoms with van der Waals surface area (Å²) < 4.78 is 47.4. The smallest absolute Gasteiger partial charge is 0.419 e. The second-order valence-electron chi connectivity index (χ2n) is 7.68. The third-order valence-corrected chi connectivity index (χ3v) is 6.28. The van der Waals surface area contributed by atoms with Gasteiger partial charge in [0.2, 0.25) is 0 Å². The van der Waals surface area contributed by atoms with E-state index < -0.39 is 35.8 Å². The zero-order chi connectivity index (χ0) is 22.6. The number of rotatable bonds is 3. The number of aromatic hydroxyl groups is 1. The van der Waals surface area contributed by atoms with Gasteiger partial charge in [-0.05, 0) is 48.6 Å². The number of anilines is 1. The summed E-state index contributed by atoms with van der Waals surface area (Å²) in [5, 5.41) is 24.9. The zero-order valence-corrected chi connectivity index (χ0v) is 17.1. The van der Waals surface area contributed by atoms with E-state index in [-0.39, 0.29) is 39.4 Å². The number of benzene rings is 2. The summed E-state index contributed by atoms with van der Waals surface area (Å²) in [6.45, 7) is 1.68. The Labute approximate surface area is 180 Å². The first kappa shape index (κ1) is 21.5. The van der Waals surface area contributed by atoms with E-state index >= 15 is 0 Å². The molecule has 1 aliphatic carbocycles. The van der Waals surface area contributed by atoms with Crippen molar-refractivity contribution in [2.45, 2.75) is 43.5 Å². The fourth-order valence-corrected chi connectivity index (χ4v) is 4.55. The molecule has 1 aliphatic rings. The number of alkyl halides is 3. The molecule has 0 saturated heterocycles. The quantitative estimate of drug-likeness (QED) is 0.488. The van der Waals surface area contributed by atoms with Crippen LogP contribution in [0.3, 0.4) is 0 Å². The Morgan fingerprint density at radius 2 is 1.97 bits per heavy atom. The maximum absolute atomic E-state index is 14.2. The SMILES string of the molecule is CCC1C[C@](O)(C(F)(F)F)C(Nc2cccc3c(=O)occc23)c2ccc(Cl)c(O)c21. The second kappa shape index (κ2) is 7.46. The van der Waals surface area contributed by atoms with E-state index in [0.717, 1.165) is 6.26 Å². The predicted octanol–water partition coefficient (Wildman–Crippen LogP) is 5.50. The van der Waals surface area contributed by atoms with E-state index in [1.807, 2.05) is 0 Å². The summed E-state index contributed by atoms with van der Waals surface area (Å²) in [4.78, 5) is 12.0. The van der Waals surface area contributed by atoms with Gasteiger partial charge >= 0.3 is 11.8 Å². The molecule has 1 heterocycles. The number of aliphatic hydroxyl groups is 1. The number of hydrogen-bond donors (Lipinski definition) is 3. The topological polar surface area (TPSA) is 82.7 Å². The van der Waals surface area contributed by atoms with Crippen LogP contribution in [0.25, 0.3) is 10.8 Å². The fraction of sp³-hybridized carbons (Fsp3) is 0.318. The van der Waals surface area contributed by atoms with Crippen molar-refractivity contribution in [1.82, 2.24) is 0 Å². The monoisotopic (exact) mass is 453 g/mol. The molecule has 0 saturated carbocycles. The van der Waals surface area contributed by atoms with Crippen molar-refractivity contribution in [2.24, 2.45) is 0 Å². The van der Waals surface area contributed by atoms with E-state index in [1.54, 1.807) is 6.92 Å². The normalized spacial score (nSPS) is 23.5. The van der Waals surface area contributed by atoms with Gasteiger partial charge in [0.15, 0.2) is 5.60 Å². The highest BCUT2D eigenvalue weighted by atomic mass is 35.5. The van der Waals surface area contributed by atoms with Crippen molar-refractivity contribution in [3.05, 3.63) is 69.2 Å². The molecular weight excluding hydrogens is 435 g/mol.